The van der Waals surface area contributed by atoms with Crippen LogP contribution in [0, 0.1) is 0 Å². The lowest BCUT2D eigenvalue weighted by molar-refractivity contribution is -0.117. The highest BCUT2D eigenvalue weighted by molar-refractivity contribution is 5.75. The molecule has 0 atom stereocenters. The van der Waals surface area contributed by atoms with Crippen molar-refractivity contribution in [2.75, 3.05) is 0 Å². The van der Waals surface area contributed by atoms with E-state index in [-0.39, 0.29) is 12.3 Å². The summed E-state index contributed by atoms with van der Waals surface area (Å²) in [5.74, 6) is -0.329. The fraction of sp³-hybridized carbons (Fsp3) is 0.250. The molecule has 0 saturated heterocycles. The van der Waals surface area contributed by atoms with Gasteiger partial charge in [0.25, 0.3) is 0 Å². The summed E-state index contributed by atoms with van der Waals surface area (Å²) >= 11 is 0. The molecule has 0 aliphatic heterocycles. The minimum absolute atomic E-state index is 0.278. The lowest BCUT2D eigenvalue weighted by Crippen LogP contribution is -2.07. The van der Waals surface area contributed by atoms with E-state index in [1.54, 1.807) is 0 Å². The lowest BCUT2D eigenvalue weighted by atomic mass is 10.6. The van der Waals surface area contributed by atoms with Crippen molar-refractivity contribution in [3.05, 3.63) is 12.7 Å². The SMILES string of the molecule is C=CC[13C](N)=O. The predicted molar refractivity (Wildman–Crippen MR) is 24.0 cm³/mol. The number of carbonyl (C=O) groups is 1. The van der Waals surface area contributed by atoms with Crippen molar-refractivity contribution in [1.29, 1.82) is 0 Å². The van der Waals surface area contributed by atoms with E-state index < -0.39 is 0 Å². The van der Waals surface area contributed by atoms with Crippen LogP contribution in [0.3, 0.4) is 0 Å². The Morgan fingerprint density at radius 2 is 2.50 bits per heavy atom. The summed E-state index contributed by atoms with van der Waals surface area (Å²) in [6, 6.07) is 0. The maximum Gasteiger partial charge on any atom is 0.221 e. The fourth-order valence-electron chi connectivity index (χ4n) is 0.142. The van der Waals surface area contributed by atoms with Crippen LogP contribution in [0.4, 0.5) is 0 Å². The first kappa shape index (κ1) is 5.21. The molecule has 0 aliphatic carbocycles. The maximum absolute atomic E-state index is 9.75. The van der Waals surface area contributed by atoms with Crippen molar-refractivity contribution in [2.45, 2.75) is 6.42 Å². The summed E-state index contributed by atoms with van der Waals surface area (Å²) in [7, 11) is 0. The zero-order valence-corrected chi connectivity index (χ0v) is 3.48. The number of hydrogen-bond donors (Lipinski definition) is 1. The third kappa shape index (κ3) is 3.21. The van der Waals surface area contributed by atoms with Crippen molar-refractivity contribution < 1.29 is 4.79 Å². The van der Waals surface area contributed by atoms with E-state index in [2.05, 4.69) is 6.58 Å². The van der Waals surface area contributed by atoms with Crippen molar-refractivity contribution in [3.63, 3.8) is 0 Å². The van der Waals surface area contributed by atoms with Gasteiger partial charge in [-0.15, -0.1) is 6.58 Å². The second kappa shape index (κ2) is 2.45. The Hall–Kier alpha value is -0.790. The normalized spacial score (nSPS) is 7.33. The Morgan fingerprint density at radius 3 is 2.50 bits per heavy atom. The quantitative estimate of drug-likeness (QED) is 0.374. The molecule has 1 amide bonds. The summed E-state index contributed by atoms with van der Waals surface area (Å²) in [6.45, 7) is 3.30. The van der Waals surface area contributed by atoms with E-state index in [0.29, 0.717) is 0 Å². The Bertz CT molecular complexity index is 67.9. The topological polar surface area (TPSA) is 43.1 Å². The van der Waals surface area contributed by atoms with Crippen molar-refractivity contribution in [1.82, 2.24) is 0 Å². The number of rotatable bonds is 2. The first-order valence-electron chi connectivity index (χ1n) is 1.66. The third-order valence-electron chi connectivity index (χ3n) is 0.346. The van der Waals surface area contributed by atoms with Gasteiger partial charge in [-0.2, -0.15) is 0 Å². The van der Waals surface area contributed by atoms with E-state index in [1.165, 1.54) is 6.08 Å². The average Bonchev–Trinajstić information content (AvgIpc) is 1.35. The van der Waals surface area contributed by atoms with Gasteiger partial charge in [0, 0.05) is 6.42 Å². The molecule has 0 heterocycles. The summed E-state index contributed by atoms with van der Waals surface area (Å²) in [5, 5.41) is 0. The molecule has 0 rings (SSSR count). The fourth-order valence-corrected chi connectivity index (χ4v) is 0.142. The number of carbonyl (C=O) groups excluding carboxylic acids is 1. The van der Waals surface area contributed by atoms with Gasteiger partial charge < -0.3 is 5.73 Å². The second-order valence-electron chi connectivity index (χ2n) is 0.959. The van der Waals surface area contributed by atoms with Crippen LogP contribution >= 0.6 is 0 Å². The highest BCUT2D eigenvalue weighted by atomic mass is 16.2. The van der Waals surface area contributed by atoms with Gasteiger partial charge in [-0.1, -0.05) is 6.08 Å². The maximum atomic E-state index is 9.75. The third-order valence-corrected chi connectivity index (χ3v) is 0.346. The van der Waals surface area contributed by atoms with Crippen LogP contribution in [-0.2, 0) is 4.79 Å². The molecule has 0 aliphatic rings. The van der Waals surface area contributed by atoms with E-state index in [4.69, 9.17) is 5.73 Å². The molecule has 0 aromatic carbocycles. The molecule has 0 radical (unpaired) electrons. The van der Waals surface area contributed by atoms with Gasteiger partial charge >= 0.3 is 0 Å². The summed E-state index contributed by atoms with van der Waals surface area (Å²) < 4.78 is 0. The van der Waals surface area contributed by atoms with Gasteiger partial charge in [-0.25, -0.2) is 0 Å². The Labute approximate surface area is 36.6 Å². The second-order valence-corrected chi connectivity index (χ2v) is 0.959. The molecule has 0 saturated carbocycles. The standard InChI is InChI=1S/C4H7NO/c1-2-3-4(5)6/h2H,1,3H2,(H2,5,6)/i4+1. The van der Waals surface area contributed by atoms with Crippen molar-refractivity contribution in [3.8, 4) is 0 Å². The molecule has 2 heteroatoms. The first-order valence-corrected chi connectivity index (χ1v) is 1.66. The van der Waals surface area contributed by atoms with E-state index in [1.807, 2.05) is 0 Å². The minimum Gasteiger partial charge on any atom is -0.369 e. The predicted octanol–water partition coefficient (Wildman–Crippen LogP) is 0.0478. The monoisotopic (exact) mass is 86.1 g/mol. The van der Waals surface area contributed by atoms with Crippen LogP contribution < -0.4 is 5.73 Å². The van der Waals surface area contributed by atoms with Crippen LogP contribution in [-0.4, -0.2) is 5.91 Å². The van der Waals surface area contributed by atoms with E-state index in [9.17, 15) is 4.79 Å². The molecule has 0 unspecified atom stereocenters. The summed E-state index contributed by atoms with van der Waals surface area (Å²) in [4.78, 5) is 9.75. The highest BCUT2D eigenvalue weighted by Crippen LogP contribution is 1.71. The van der Waals surface area contributed by atoms with Crippen LogP contribution in [0.1, 0.15) is 6.42 Å². The highest BCUT2D eigenvalue weighted by Gasteiger charge is 1.80. The molecule has 34 valence electrons. The molecule has 0 aromatic rings. The molecule has 0 bridgehead atoms. The van der Waals surface area contributed by atoms with Gasteiger partial charge in [0.05, 0.1) is 0 Å². The summed E-state index contributed by atoms with van der Waals surface area (Å²) in [5.41, 5.74) is 4.69. The smallest absolute Gasteiger partial charge is 0.221 e. The molecule has 2 nitrogen and oxygen atoms in total. The minimum atomic E-state index is -0.329. The Morgan fingerprint density at radius 1 is 2.00 bits per heavy atom. The average molecular weight is 86.1 g/mol. The number of hydrogen-bond acceptors (Lipinski definition) is 1. The van der Waals surface area contributed by atoms with Gasteiger partial charge in [0.15, 0.2) is 0 Å². The zero-order valence-electron chi connectivity index (χ0n) is 3.48. The Balaban J connectivity index is 3.05. The van der Waals surface area contributed by atoms with E-state index >= 15 is 0 Å². The zero-order chi connectivity index (χ0) is 4.99. The first-order chi connectivity index (χ1) is 2.77. The Kier molecular flexibility index (Phi) is 2.13. The lowest BCUT2D eigenvalue weighted by Gasteiger charge is -1.76. The molecular formula is C4H7NO. The van der Waals surface area contributed by atoms with Crippen LogP contribution in [0.5, 0.6) is 0 Å². The molecule has 2 N–H and O–H groups in total. The molecule has 6 heavy (non-hydrogen) atoms. The summed E-state index contributed by atoms with van der Waals surface area (Å²) in [6.07, 6.45) is 1.75. The molecule has 0 spiro atoms. The van der Waals surface area contributed by atoms with Gasteiger partial charge in [0.1, 0.15) is 0 Å². The van der Waals surface area contributed by atoms with Gasteiger partial charge in [0.2, 0.25) is 5.91 Å². The van der Waals surface area contributed by atoms with E-state index in [0.717, 1.165) is 0 Å². The molecular weight excluding hydrogens is 79.0 g/mol. The van der Waals surface area contributed by atoms with Gasteiger partial charge in [-0.3, -0.25) is 4.79 Å². The van der Waals surface area contributed by atoms with Gasteiger partial charge in [-0.05, 0) is 0 Å². The molecule has 0 fully saturated rings. The number of primary amides is 1. The number of amides is 1. The van der Waals surface area contributed by atoms with Crippen LogP contribution in [0.2, 0.25) is 0 Å². The number of nitrogens with two attached hydrogens (primary N) is 1. The molecule has 0 aromatic heterocycles. The largest absolute Gasteiger partial charge is 0.369 e. The van der Waals surface area contributed by atoms with Crippen molar-refractivity contribution in [2.24, 2.45) is 5.73 Å². The van der Waals surface area contributed by atoms with Crippen LogP contribution in [0.25, 0.3) is 0 Å². The van der Waals surface area contributed by atoms with Crippen molar-refractivity contribution >= 4 is 5.91 Å². The van der Waals surface area contributed by atoms with Crippen LogP contribution in [0.15, 0.2) is 12.7 Å².